The van der Waals surface area contributed by atoms with Gasteiger partial charge in [0.05, 0.1) is 26.4 Å². The third-order valence-corrected chi connectivity index (χ3v) is 5.98. The van der Waals surface area contributed by atoms with Crippen molar-refractivity contribution in [3.63, 3.8) is 0 Å². The fourth-order valence-electron chi connectivity index (χ4n) is 2.19. The SMILES string of the molecule is CCCCCOP(=O)([O-])OCCCCC.CCCCCOP(=O)([O-])OCCCCC.[Cd+2]. The molecule has 0 saturated carbocycles. The average Bonchev–Trinajstić information content (AvgIpc) is 2.70. The maximum atomic E-state index is 11.1. The van der Waals surface area contributed by atoms with E-state index < -0.39 is 15.6 Å². The summed E-state index contributed by atoms with van der Waals surface area (Å²) in [6.45, 7) is 9.17. The Morgan fingerprint density at radius 3 is 0.839 bits per heavy atom. The van der Waals surface area contributed by atoms with E-state index in [-0.39, 0.29) is 53.7 Å². The average molecular weight is 587 g/mol. The van der Waals surface area contributed by atoms with Crippen LogP contribution in [0.1, 0.15) is 105 Å². The van der Waals surface area contributed by atoms with Crippen molar-refractivity contribution in [2.45, 2.75) is 105 Å². The summed E-state index contributed by atoms with van der Waals surface area (Å²) >= 11 is 0. The van der Waals surface area contributed by atoms with E-state index in [0.717, 1.165) is 77.0 Å². The number of phosphoric acid groups is 2. The summed E-state index contributed by atoms with van der Waals surface area (Å²) in [7, 11) is -8.05. The van der Waals surface area contributed by atoms with Crippen molar-refractivity contribution in [3.8, 4) is 0 Å². The van der Waals surface area contributed by atoms with E-state index in [1.807, 2.05) is 0 Å². The van der Waals surface area contributed by atoms with Crippen LogP contribution in [0.15, 0.2) is 0 Å². The number of hydrogen-bond acceptors (Lipinski definition) is 8. The predicted octanol–water partition coefficient (Wildman–Crippen LogP) is 5.73. The van der Waals surface area contributed by atoms with Gasteiger partial charge in [-0.3, -0.25) is 9.13 Å². The molecule has 184 valence electrons. The van der Waals surface area contributed by atoms with E-state index in [4.69, 9.17) is 0 Å². The second-order valence-electron chi connectivity index (χ2n) is 7.06. The van der Waals surface area contributed by atoms with Gasteiger partial charge in [-0.2, -0.15) is 0 Å². The topological polar surface area (TPSA) is 117 Å². The van der Waals surface area contributed by atoms with Crippen molar-refractivity contribution < 1.29 is 64.3 Å². The zero-order valence-corrected chi connectivity index (χ0v) is 26.0. The van der Waals surface area contributed by atoms with Gasteiger partial charge in [0.2, 0.25) is 0 Å². The van der Waals surface area contributed by atoms with Crippen LogP contribution in [0.2, 0.25) is 0 Å². The standard InChI is InChI=1S/2C10H23O4P.Cd/c2*1-3-5-7-9-13-15(11,12)14-10-8-6-4-2;/h2*3-10H2,1-2H3,(H,11,12);/q;;+2/p-2. The van der Waals surface area contributed by atoms with Gasteiger partial charge in [-0.05, 0) is 25.7 Å². The van der Waals surface area contributed by atoms with Gasteiger partial charge < -0.3 is 27.9 Å². The molecule has 0 aromatic rings. The van der Waals surface area contributed by atoms with Crippen LogP contribution in [0.3, 0.4) is 0 Å². The molecule has 0 atom stereocenters. The van der Waals surface area contributed by atoms with Gasteiger partial charge in [-0.25, -0.2) is 0 Å². The Kier molecular flexibility index (Phi) is 30.5. The van der Waals surface area contributed by atoms with Crippen molar-refractivity contribution in [2.75, 3.05) is 26.4 Å². The van der Waals surface area contributed by atoms with Crippen molar-refractivity contribution in [3.05, 3.63) is 0 Å². The van der Waals surface area contributed by atoms with Crippen LogP contribution >= 0.6 is 15.6 Å². The largest absolute Gasteiger partial charge is 2.00 e. The Hall–Kier alpha value is 1.14. The Balaban J connectivity index is -0.000000490. The molecule has 0 saturated heterocycles. The summed E-state index contributed by atoms with van der Waals surface area (Å²) in [5.74, 6) is 0. The number of phosphoric ester groups is 2. The molecule has 0 unspecified atom stereocenters. The van der Waals surface area contributed by atoms with Gasteiger partial charge in [0.15, 0.2) is 0 Å². The fraction of sp³-hybridized carbons (Fsp3) is 1.00. The Labute approximate surface area is 210 Å². The molecule has 11 heteroatoms. The van der Waals surface area contributed by atoms with Gasteiger partial charge >= 0.3 is 27.3 Å². The first-order valence-corrected chi connectivity index (χ1v) is 14.4. The van der Waals surface area contributed by atoms with E-state index in [9.17, 15) is 18.9 Å². The summed E-state index contributed by atoms with van der Waals surface area (Å²) in [5, 5.41) is 0. The molecule has 0 amide bonds. The van der Waals surface area contributed by atoms with Gasteiger partial charge in [-0.15, -0.1) is 0 Å². The molecule has 8 nitrogen and oxygen atoms in total. The van der Waals surface area contributed by atoms with Crippen LogP contribution in [0.5, 0.6) is 0 Å². The van der Waals surface area contributed by atoms with Crippen molar-refractivity contribution in [1.29, 1.82) is 0 Å². The minimum Gasteiger partial charge on any atom is -0.756 e. The molecule has 0 radical (unpaired) electrons. The Morgan fingerprint density at radius 2 is 0.677 bits per heavy atom. The molecule has 0 heterocycles. The minimum absolute atomic E-state index is 0. The van der Waals surface area contributed by atoms with Gasteiger partial charge in [0, 0.05) is 0 Å². The second kappa shape index (κ2) is 25.8. The third-order valence-electron chi connectivity index (χ3n) is 3.99. The molecule has 0 aromatic heterocycles. The molecule has 31 heavy (non-hydrogen) atoms. The first-order chi connectivity index (χ1) is 14.2. The summed E-state index contributed by atoms with van der Waals surface area (Å²) in [4.78, 5) is 22.3. The zero-order chi connectivity index (χ0) is 23.1. The van der Waals surface area contributed by atoms with Crippen LogP contribution < -0.4 is 9.79 Å². The molecule has 0 aliphatic heterocycles. The molecule has 0 bridgehead atoms. The smallest absolute Gasteiger partial charge is 0.756 e. The van der Waals surface area contributed by atoms with Crippen LogP contribution in [0, 0.1) is 0 Å². The second-order valence-corrected chi connectivity index (χ2v) is 9.88. The summed E-state index contributed by atoms with van der Waals surface area (Å²) in [6.07, 6.45) is 11.2. The van der Waals surface area contributed by atoms with E-state index in [1.54, 1.807) is 0 Å². The minimum atomic E-state index is -4.02. The first kappa shape index (κ1) is 36.7. The Bertz CT molecular complexity index is 383. The van der Waals surface area contributed by atoms with Crippen molar-refractivity contribution in [1.82, 2.24) is 0 Å². The van der Waals surface area contributed by atoms with Gasteiger partial charge in [0.25, 0.3) is 15.6 Å². The number of rotatable bonds is 20. The molecule has 0 rings (SSSR count). The first-order valence-electron chi connectivity index (χ1n) is 11.4. The van der Waals surface area contributed by atoms with Gasteiger partial charge in [-0.1, -0.05) is 79.1 Å². The van der Waals surface area contributed by atoms with E-state index in [0.29, 0.717) is 0 Å². The predicted molar refractivity (Wildman–Crippen MR) is 117 cm³/mol. The fourth-order valence-corrected chi connectivity index (χ4v) is 3.75. The summed E-state index contributed by atoms with van der Waals surface area (Å²) in [5.41, 5.74) is 0. The van der Waals surface area contributed by atoms with Gasteiger partial charge in [0.1, 0.15) is 0 Å². The maximum Gasteiger partial charge on any atom is 2.00 e. The van der Waals surface area contributed by atoms with Crippen molar-refractivity contribution >= 4 is 15.6 Å². The summed E-state index contributed by atoms with van der Waals surface area (Å²) < 4.78 is 41.0. The van der Waals surface area contributed by atoms with Crippen LogP contribution in [0.4, 0.5) is 0 Å². The van der Waals surface area contributed by atoms with Crippen molar-refractivity contribution in [2.24, 2.45) is 0 Å². The maximum absolute atomic E-state index is 11.1. The quantitative estimate of drug-likeness (QED) is 0.101. The number of hydrogen-bond donors (Lipinski definition) is 0. The molecule has 0 aliphatic carbocycles. The molecule has 0 spiro atoms. The Morgan fingerprint density at radius 1 is 0.484 bits per heavy atom. The van der Waals surface area contributed by atoms with Crippen LogP contribution in [-0.4, -0.2) is 26.4 Å². The van der Waals surface area contributed by atoms with E-state index in [2.05, 4.69) is 45.8 Å². The molecular formula is C20H44CdO8P2. The van der Waals surface area contributed by atoms with Crippen LogP contribution in [0.25, 0.3) is 0 Å². The zero-order valence-electron chi connectivity index (χ0n) is 20.2. The number of unbranched alkanes of at least 4 members (excludes halogenated alkanes) is 8. The van der Waals surface area contributed by atoms with E-state index in [1.165, 1.54) is 0 Å². The third kappa shape index (κ3) is 31.1. The molecule has 0 N–H and O–H groups in total. The van der Waals surface area contributed by atoms with Crippen LogP contribution in [-0.2, 0) is 54.5 Å². The molecular weight excluding hydrogens is 543 g/mol. The van der Waals surface area contributed by atoms with E-state index >= 15 is 0 Å². The normalized spacial score (nSPS) is 11.5. The molecule has 0 aliphatic rings. The monoisotopic (exact) mass is 588 g/mol. The molecule has 0 aromatic carbocycles. The summed E-state index contributed by atoms with van der Waals surface area (Å²) in [6, 6.07) is 0. The molecule has 0 fully saturated rings.